The number of aliphatic hydroxyl groups excluding tert-OH is 5. The number of carbonyl (C=O) groups is 2. The zero-order chi connectivity index (χ0) is 53.3. The van der Waals surface area contributed by atoms with Crippen molar-refractivity contribution in [3.8, 4) is 0 Å². The van der Waals surface area contributed by atoms with Gasteiger partial charge in [0.15, 0.2) is 12.4 Å². The van der Waals surface area contributed by atoms with Crippen molar-refractivity contribution in [1.82, 2.24) is 5.32 Å². The van der Waals surface area contributed by atoms with Crippen molar-refractivity contribution < 1.29 is 49.3 Å². The second-order valence-electron chi connectivity index (χ2n) is 21.8. The average molecular weight is 1040 g/mol. The van der Waals surface area contributed by atoms with E-state index in [9.17, 15) is 35.1 Å². The molecule has 1 heterocycles. The average Bonchev–Trinajstić information content (AvgIpc) is 3.39. The van der Waals surface area contributed by atoms with Gasteiger partial charge in [-0.05, 0) is 51.4 Å². The molecule has 0 bridgehead atoms. The van der Waals surface area contributed by atoms with E-state index in [0.717, 1.165) is 57.8 Å². The van der Waals surface area contributed by atoms with E-state index in [-0.39, 0.29) is 13.0 Å². The van der Waals surface area contributed by atoms with Gasteiger partial charge in [-0.15, -0.1) is 0 Å². The summed E-state index contributed by atoms with van der Waals surface area (Å²) in [5, 5.41) is 56.9. The van der Waals surface area contributed by atoms with Gasteiger partial charge in [0.25, 0.3) is 0 Å². The van der Waals surface area contributed by atoms with E-state index in [2.05, 4.69) is 38.2 Å². The van der Waals surface area contributed by atoms with E-state index in [0.29, 0.717) is 19.3 Å². The zero-order valence-electron chi connectivity index (χ0n) is 47.5. The van der Waals surface area contributed by atoms with Crippen LogP contribution in [0.3, 0.4) is 0 Å². The van der Waals surface area contributed by atoms with Gasteiger partial charge in [0.2, 0.25) is 5.91 Å². The highest BCUT2D eigenvalue weighted by molar-refractivity contribution is 5.80. The molecule has 1 rings (SSSR count). The summed E-state index contributed by atoms with van der Waals surface area (Å²) in [5.41, 5.74) is 0. The molecule has 0 radical (unpaired) electrons. The first-order chi connectivity index (χ1) is 35.7. The number of amides is 1. The van der Waals surface area contributed by atoms with E-state index in [4.69, 9.17) is 14.2 Å². The van der Waals surface area contributed by atoms with Gasteiger partial charge in [-0.3, -0.25) is 9.59 Å². The fourth-order valence-corrected chi connectivity index (χ4v) is 9.88. The van der Waals surface area contributed by atoms with E-state index in [1.807, 2.05) is 6.08 Å². The fraction of sp³-hybridized carbons (Fsp3) is 0.903. The molecule has 1 saturated heterocycles. The number of allylic oxidation sites excluding steroid dienone is 3. The summed E-state index contributed by atoms with van der Waals surface area (Å²) in [4.78, 5) is 26.5. The lowest BCUT2D eigenvalue weighted by Crippen LogP contribution is -2.61. The summed E-state index contributed by atoms with van der Waals surface area (Å²) in [6, 6.07) is -1.02. The smallest absolute Gasteiger partial charge is 0.306 e. The van der Waals surface area contributed by atoms with Crippen LogP contribution in [0.1, 0.15) is 297 Å². The molecule has 0 aromatic rings. The van der Waals surface area contributed by atoms with Gasteiger partial charge in [-0.1, -0.05) is 263 Å². The zero-order valence-corrected chi connectivity index (χ0v) is 47.5. The minimum atomic E-state index is -1.61. The molecule has 0 aromatic carbocycles. The lowest BCUT2D eigenvalue weighted by atomic mass is 9.99. The minimum absolute atomic E-state index is 0.129. The summed E-state index contributed by atoms with van der Waals surface area (Å²) < 4.78 is 17.6. The molecular formula is C62H117NO10. The van der Waals surface area contributed by atoms with Crippen molar-refractivity contribution in [2.24, 2.45) is 0 Å². The molecule has 0 aromatic heterocycles. The summed E-state index contributed by atoms with van der Waals surface area (Å²) in [7, 11) is 0. The van der Waals surface area contributed by atoms with Crippen LogP contribution in [0.5, 0.6) is 0 Å². The van der Waals surface area contributed by atoms with Crippen LogP contribution >= 0.6 is 0 Å². The molecule has 430 valence electrons. The fourth-order valence-electron chi connectivity index (χ4n) is 9.88. The third-order valence-corrected chi connectivity index (χ3v) is 14.9. The number of carbonyl (C=O) groups excluding carboxylic acids is 2. The van der Waals surface area contributed by atoms with Gasteiger partial charge in [-0.2, -0.15) is 0 Å². The lowest BCUT2D eigenvalue weighted by Gasteiger charge is -2.41. The summed E-state index contributed by atoms with van der Waals surface area (Å²) >= 11 is 0. The Bertz CT molecular complexity index is 1280. The molecule has 8 unspecified atom stereocenters. The molecule has 1 fully saturated rings. The topological polar surface area (TPSA) is 175 Å². The first-order valence-corrected chi connectivity index (χ1v) is 31.1. The molecule has 0 saturated carbocycles. The molecule has 8 atom stereocenters. The Morgan fingerprint density at radius 2 is 0.904 bits per heavy atom. The molecule has 73 heavy (non-hydrogen) atoms. The first-order valence-electron chi connectivity index (χ1n) is 31.1. The number of aliphatic hydroxyl groups is 5. The maximum Gasteiger partial charge on any atom is 0.306 e. The maximum absolute atomic E-state index is 13.4. The van der Waals surface area contributed by atoms with Crippen LogP contribution < -0.4 is 5.32 Å². The van der Waals surface area contributed by atoms with Gasteiger partial charge in [0.1, 0.15) is 24.4 Å². The number of ether oxygens (including phenoxy) is 3. The van der Waals surface area contributed by atoms with Crippen molar-refractivity contribution in [1.29, 1.82) is 0 Å². The van der Waals surface area contributed by atoms with Crippen LogP contribution in [0.25, 0.3) is 0 Å². The predicted molar refractivity (Wildman–Crippen MR) is 301 cm³/mol. The molecule has 1 amide bonds. The SMILES string of the molecule is CCCCCCCC/C=C/CCCCCCCCCCCCC(O)C(=O)NC(COC1OC(CO)C(O)C(O)C1OC(=O)CCCCCCCCCCCCC)C(O)/C=C/CCCCCCCCCCCCC. The van der Waals surface area contributed by atoms with E-state index in [1.54, 1.807) is 6.08 Å². The number of nitrogens with one attached hydrogen (secondary N) is 1. The van der Waals surface area contributed by atoms with Crippen LogP contribution in [-0.4, -0.2) is 99.6 Å². The summed E-state index contributed by atoms with van der Waals surface area (Å²) in [6.07, 6.45) is 47.9. The number of unbranched alkanes of at least 4 members (excludes halogenated alkanes) is 37. The van der Waals surface area contributed by atoms with Crippen molar-refractivity contribution >= 4 is 11.9 Å². The van der Waals surface area contributed by atoms with Crippen LogP contribution in [0.15, 0.2) is 24.3 Å². The maximum atomic E-state index is 13.4. The van der Waals surface area contributed by atoms with Crippen molar-refractivity contribution in [2.75, 3.05) is 13.2 Å². The van der Waals surface area contributed by atoms with Gasteiger partial charge < -0.3 is 45.1 Å². The normalized spacial score (nSPS) is 19.5. The first kappa shape index (κ1) is 69.2. The molecule has 6 N–H and O–H groups in total. The largest absolute Gasteiger partial charge is 0.454 e. The Morgan fingerprint density at radius 1 is 0.521 bits per heavy atom. The Hall–Kier alpha value is -1.86. The van der Waals surface area contributed by atoms with Crippen molar-refractivity contribution in [2.45, 2.75) is 346 Å². The van der Waals surface area contributed by atoms with Gasteiger partial charge >= 0.3 is 5.97 Å². The Morgan fingerprint density at radius 3 is 1.33 bits per heavy atom. The third kappa shape index (κ3) is 39.2. The van der Waals surface area contributed by atoms with Crippen LogP contribution in [0, 0.1) is 0 Å². The molecule has 1 aliphatic rings. The minimum Gasteiger partial charge on any atom is -0.454 e. The Kier molecular flexibility index (Phi) is 48.2. The summed E-state index contributed by atoms with van der Waals surface area (Å²) in [5.74, 6) is -1.18. The highest BCUT2D eigenvalue weighted by Gasteiger charge is 2.47. The van der Waals surface area contributed by atoms with E-state index in [1.165, 1.54) is 193 Å². The Balaban J connectivity index is 2.66. The molecular weight excluding hydrogens is 919 g/mol. The molecule has 11 heteroatoms. The monoisotopic (exact) mass is 1040 g/mol. The molecule has 1 aliphatic heterocycles. The number of hydrogen-bond acceptors (Lipinski definition) is 10. The van der Waals surface area contributed by atoms with Crippen LogP contribution in [0.2, 0.25) is 0 Å². The lowest BCUT2D eigenvalue weighted by molar-refractivity contribution is -0.305. The molecule has 0 aliphatic carbocycles. The van der Waals surface area contributed by atoms with Gasteiger partial charge in [0.05, 0.1) is 25.4 Å². The summed E-state index contributed by atoms with van der Waals surface area (Å²) in [6.45, 7) is 5.79. The Labute approximate surface area is 448 Å². The molecule has 11 nitrogen and oxygen atoms in total. The van der Waals surface area contributed by atoms with Crippen LogP contribution in [-0.2, 0) is 23.8 Å². The number of hydrogen-bond donors (Lipinski definition) is 6. The number of esters is 1. The molecule has 0 spiro atoms. The van der Waals surface area contributed by atoms with Crippen molar-refractivity contribution in [3.05, 3.63) is 24.3 Å². The van der Waals surface area contributed by atoms with Crippen molar-refractivity contribution in [3.63, 3.8) is 0 Å². The van der Waals surface area contributed by atoms with Crippen LogP contribution in [0.4, 0.5) is 0 Å². The van der Waals surface area contributed by atoms with Gasteiger partial charge in [0, 0.05) is 6.42 Å². The third-order valence-electron chi connectivity index (χ3n) is 14.9. The van der Waals surface area contributed by atoms with Gasteiger partial charge in [-0.25, -0.2) is 0 Å². The standard InChI is InChI=1S/C62H117NO10/c1-4-7-10-13-16-19-22-24-25-26-27-28-29-30-32-35-37-40-43-46-49-55(66)61(70)63-53(54(65)48-45-42-39-36-34-31-23-20-17-14-11-8-5-2)52-71-62-60(59(69)58(68)56(51-64)72-62)73-57(67)50-47-44-41-38-33-21-18-15-12-9-6-3/h24-25,45,48,53-56,58-60,62,64-66,68-69H,4-23,26-44,46-47,49-52H2,1-3H3,(H,63,70)/b25-24+,48-45+. The highest BCUT2D eigenvalue weighted by Crippen LogP contribution is 2.26. The van der Waals surface area contributed by atoms with E-state index < -0.39 is 67.4 Å². The highest BCUT2D eigenvalue weighted by atomic mass is 16.7. The second kappa shape index (κ2) is 50.9. The quantitative estimate of drug-likeness (QED) is 0.0195. The number of rotatable bonds is 53. The van der Waals surface area contributed by atoms with E-state index >= 15 is 0 Å². The second-order valence-corrected chi connectivity index (χ2v) is 21.8. The predicted octanol–water partition coefficient (Wildman–Crippen LogP) is 14.5.